The second kappa shape index (κ2) is 10.3. The summed E-state index contributed by atoms with van der Waals surface area (Å²) >= 11 is 12.1. The molecule has 2 saturated heterocycles. The van der Waals surface area contributed by atoms with Crippen molar-refractivity contribution in [3.63, 3.8) is 0 Å². The molecule has 0 aliphatic carbocycles. The Kier molecular flexibility index (Phi) is 8.33. The molecule has 4 amide bonds. The van der Waals surface area contributed by atoms with Gasteiger partial charge >= 0.3 is 6.03 Å². The Hall–Kier alpha value is -1.58. The van der Waals surface area contributed by atoms with Crippen LogP contribution in [0.3, 0.4) is 0 Å². The molecule has 0 bridgehead atoms. The number of rotatable bonds is 5. The number of carbonyl (C=O) groups is 3. The largest absolute Gasteiger partial charge is 0.372 e. The van der Waals surface area contributed by atoms with Crippen LogP contribution < -0.4 is 16.0 Å². The lowest BCUT2D eigenvalue weighted by atomic mass is 9.95. The van der Waals surface area contributed by atoms with Crippen LogP contribution in [0.15, 0.2) is 18.2 Å². The molecule has 2 atom stereocenters. The third-order valence-electron chi connectivity index (χ3n) is 4.45. The number of urea groups is 1. The highest BCUT2D eigenvalue weighted by Crippen LogP contribution is 2.31. The van der Waals surface area contributed by atoms with Gasteiger partial charge in [-0.2, -0.15) is 0 Å². The molecular weight excluding hydrogens is 431 g/mol. The number of carbonyl (C=O) groups excluding carboxylic acids is 3. The van der Waals surface area contributed by atoms with Crippen molar-refractivity contribution in [1.82, 2.24) is 20.9 Å². The minimum Gasteiger partial charge on any atom is -0.372 e. The van der Waals surface area contributed by atoms with Gasteiger partial charge in [-0.05, 0) is 17.7 Å². The second-order valence-electron chi connectivity index (χ2n) is 6.44. The van der Waals surface area contributed by atoms with E-state index in [0.717, 1.165) is 10.5 Å². The van der Waals surface area contributed by atoms with Crippen molar-refractivity contribution in [2.45, 2.75) is 6.10 Å². The number of imide groups is 1. The highest BCUT2D eigenvalue weighted by atomic mass is 35.5. The molecule has 1 aromatic carbocycles. The van der Waals surface area contributed by atoms with Gasteiger partial charge in [0, 0.05) is 25.6 Å². The molecule has 11 heteroatoms. The number of amides is 4. The number of nitrogens with zero attached hydrogens (tertiary/aromatic N) is 1. The Morgan fingerprint density at radius 1 is 1.29 bits per heavy atom. The Morgan fingerprint density at radius 2 is 2.07 bits per heavy atom. The first-order valence-electron chi connectivity index (χ1n) is 8.57. The van der Waals surface area contributed by atoms with Crippen LogP contribution in [0.4, 0.5) is 4.79 Å². The molecule has 0 saturated carbocycles. The molecule has 0 radical (unpaired) electrons. The third-order valence-corrected chi connectivity index (χ3v) is 5.19. The number of nitrogens with one attached hydrogen (secondary N) is 3. The normalized spacial score (nSPS) is 22.3. The molecule has 28 heavy (non-hydrogen) atoms. The first-order valence-corrected chi connectivity index (χ1v) is 9.32. The molecule has 8 nitrogen and oxygen atoms in total. The third kappa shape index (κ3) is 5.71. The number of ether oxygens (including phenoxy) is 1. The van der Waals surface area contributed by atoms with Crippen LogP contribution in [0.1, 0.15) is 11.7 Å². The van der Waals surface area contributed by atoms with Gasteiger partial charge < -0.3 is 20.3 Å². The van der Waals surface area contributed by atoms with Crippen molar-refractivity contribution >= 4 is 53.5 Å². The van der Waals surface area contributed by atoms with Crippen LogP contribution in [0.5, 0.6) is 0 Å². The molecule has 3 N–H and O–H groups in total. The van der Waals surface area contributed by atoms with E-state index in [2.05, 4.69) is 16.0 Å². The Labute approximate surface area is 178 Å². The lowest BCUT2D eigenvalue weighted by Gasteiger charge is -2.26. The summed E-state index contributed by atoms with van der Waals surface area (Å²) in [6.07, 6.45) is -0.258. The van der Waals surface area contributed by atoms with Crippen LogP contribution in [0, 0.1) is 5.92 Å². The Morgan fingerprint density at radius 3 is 2.75 bits per heavy atom. The molecule has 154 valence electrons. The van der Waals surface area contributed by atoms with Crippen molar-refractivity contribution in [2.75, 3.05) is 39.3 Å². The predicted octanol–water partition coefficient (Wildman–Crippen LogP) is 1.36. The molecule has 2 heterocycles. The molecule has 0 spiro atoms. The average Bonchev–Trinajstić information content (AvgIpc) is 2.82. The summed E-state index contributed by atoms with van der Waals surface area (Å²) < 4.78 is 5.96. The van der Waals surface area contributed by atoms with Crippen LogP contribution in [-0.2, 0) is 14.3 Å². The highest BCUT2D eigenvalue weighted by Gasteiger charge is 2.30. The fourth-order valence-corrected chi connectivity index (χ4v) is 3.42. The zero-order chi connectivity index (χ0) is 19.4. The molecule has 0 unspecified atom stereocenters. The number of hydrogen-bond acceptors (Lipinski definition) is 5. The maximum atomic E-state index is 12.2. The number of hydrogen-bond donors (Lipinski definition) is 3. The summed E-state index contributed by atoms with van der Waals surface area (Å²) in [4.78, 5) is 36.1. The van der Waals surface area contributed by atoms with Gasteiger partial charge in [0.25, 0.3) is 0 Å². The molecule has 1 aromatic rings. The van der Waals surface area contributed by atoms with Crippen LogP contribution >= 0.6 is 35.6 Å². The topological polar surface area (TPSA) is 99.8 Å². The van der Waals surface area contributed by atoms with Gasteiger partial charge in [-0.15, -0.1) is 12.4 Å². The van der Waals surface area contributed by atoms with Gasteiger partial charge in [0.05, 0.1) is 22.8 Å². The first-order chi connectivity index (χ1) is 12.9. The zero-order valence-electron chi connectivity index (χ0n) is 14.9. The van der Waals surface area contributed by atoms with Crippen molar-refractivity contribution in [3.8, 4) is 0 Å². The van der Waals surface area contributed by atoms with Gasteiger partial charge in [-0.3, -0.25) is 14.9 Å². The molecule has 2 fully saturated rings. The highest BCUT2D eigenvalue weighted by molar-refractivity contribution is 6.42. The van der Waals surface area contributed by atoms with Gasteiger partial charge in [0.15, 0.2) is 0 Å². The molecule has 0 aromatic heterocycles. The SMILES string of the molecule is Cl.O=C(CN1CC(=O)NC1=O)NC[C@@H]1CNCCO[C@H]1c1ccc(Cl)c(Cl)c1. The maximum absolute atomic E-state index is 12.2. The average molecular weight is 452 g/mol. The minimum atomic E-state index is -0.553. The van der Waals surface area contributed by atoms with Crippen molar-refractivity contribution in [2.24, 2.45) is 5.92 Å². The summed E-state index contributed by atoms with van der Waals surface area (Å²) in [5.74, 6) is -0.784. The lowest BCUT2D eigenvalue weighted by molar-refractivity contribution is -0.122. The van der Waals surface area contributed by atoms with E-state index in [-0.39, 0.29) is 43.4 Å². The van der Waals surface area contributed by atoms with Gasteiger partial charge in [-0.25, -0.2) is 4.79 Å². The quantitative estimate of drug-likeness (QED) is 0.587. The molecule has 3 rings (SSSR count). The standard InChI is InChI=1S/C17H20Cl2N4O4.ClH/c18-12-2-1-10(5-13(12)19)16-11(6-20-3-4-27-16)7-21-14(24)8-23-9-15(25)22-17(23)26;/h1-2,5,11,16,20H,3-4,6-9H2,(H,21,24)(H,22,25,26);1H/t11-,16-;/m0./s1. The van der Waals surface area contributed by atoms with E-state index in [9.17, 15) is 14.4 Å². The fraction of sp³-hybridized carbons (Fsp3) is 0.471. The molecular formula is C17H21Cl3N4O4. The van der Waals surface area contributed by atoms with Crippen LogP contribution in [-0.4, -0.2) is 62.1 Å². The van der Waals surface area contributed by atoms with E-state index < -0.39 is 11.9 Å². The Balaban J connectivity index is 0.00000280. The summed E-state index contributed by atoms with van der Waals surface area (Å²) in [6.45, 7) is 1.96. The lowest BCUT2D eigenvalue weighted by Crippen LogP contribution is -2.42. The monoisotopic (exact) mass is 450 g/mol. The second-order valence-corrected chi connectivity index (χ2v) is 7.26. The van der Waals surface area contributed by atoms with E-state index >= 15 is 0 Å². The van der Waals surface area contributed by atoms with Crippen LogP contribution in [0.25, 0.3) is 0 Å². The number of halogens is 3. The first kappa shape index (κ1) is 22.7. The summed E-state index contributed by atoms with van der Waals surface area (Å²) in [6, 6.07) is 4.80. The zero-order valence-corrected chi connectivity index (χ0v) is 17.2. The van der Waals surface area contributed by atoms with Gasteiger partial charge in [0.2, 0.25) is 11.8 Å². The van der Waals surface area contributed by atoms with E-state index in [0.29, 0.717) is 36.3 Å². The van der Waals surface area contributed by atoms with E-state index in [1.807, 2.05) is 6.07 Å². The van der Waals surface area contributed by atoms with E-state index in [1.54, 1.807) is 12.1 Å². The van der Waals surface area contributed by atoms with Crippen molar-refractivity contribution in [1.29, 1.82) is 0 Å². The van der Waals surface area contributed by atoms with E-state index in [1.165, 1.54) is 0 Å². The minimum absolute atomic E-state index is 0. The summed E-state index contributed by atoms with van der Waals surface area (Å²) in [5, 5.41) is 9.15. The Bertz CT molecular complexity index is 749. The van der Waals surface area contributed by atoms with Crippen molar-refractivity contribution in [3.05, 3.63) is 33.8 Å². The molecule has 2 aliphatic rings. The fourth-order valence-electron chi connectivity index (χ4n) is 3.11. The van der Waals surface area contributed by atoms with E-state index in [4.69, 9.17) is 27.9 Å². The summed E-state index contributed by atoms with van der Waals surface area (Å²) in [5.41, 5.74) is 0.886. The summed E-state index contributed by atoms with van der Waals surface area (Å²) in [7, 11) is 0. The smallest absolute Gasteiger partial charge is 0.325 e. The number of benzene rings is 1. The van der Waals surface area contributed by atoms with Gasteiger partial charge in [-0.1, -0.05) is 29.3 Å². The predicted molar refractivity (Wildman–Crippen MR) is 107 cm³/mol. The van der Waals surface area contributed by atoms with Crippen LogP contribution in [0.2, 0.25) is 10.0 Å². The molecule has 2 aliphatic heterocycles. The van der Waals surface area contributed by atoms with Crippen molar-refractivity contribution < 1.29 is 19.1 Å². The maximum Gasteiger partial charge on any atom is 0.325 e. The van der Waals surface area contributed by atoms with Gasteiger partial charge in [0.1, 0.15) is 13.1 Å².